The molecule has 146 valence electrons. The van der Waals surface area contributed by atoms with Crippen molar-refractivity contribution in [3.05, 3.63) is 88.5 Å². The third-order valence-electron chi connectivity index (χ3n) is 6.37. The Balaban J connectivity index is 1.81. The minimum Gasteiger partial charge on any atom is -0.508 e. The highest BCUT2D eigenvalue weighted by Gasteiger charge is 2.50. The average molecular weight is 385 g/mol. The number of phenolic OH excluding ortho intramolecular Hbond substituents is 2. The minimum absolute atomic E-state index is 0.0958. The highest BCUT2D eigenvalue weighted by atomic mass is 16.3. The fraction of sp³-hybridized carbons (Fsp3) is 0.240. The van der Waals surface area contributed by atoms with Crippen LogP contribution in [0.3, 0.4) is 0 Å². The van der Waals surface area contributed by atoms with E-state index in [2.05, 4.69) is 17.4 Å². The van der Waals surface area contributed by atoms with Gasteiger partial charge in [0.15, 0.2) is 0 Å². The van der Waals surface area contributed by atoms with Gasteiger partial charge < -0.3 is 15.5 Å². The zero-order valence-corrected chi connectivity index (χ0v) is 16.1. The van der Waals surface area contributed by atoms with Crippen LogP contribution in [0.2, 0.25) is 0 Å². The number of aromatic hydroxyl groups is 2. The molecule has 0 saturated heterocycles. The number of aryl methyl sites for hydroxylation is 1. The van der Waals surface area contributed by atoms with Crippen LogP contribution in [0.15, 0.2) is 60.7 Å². The summed E-state index contributed by atoms with van der Waals surface area (Å²) in [6, 6.07) is 18.0. The van der Waals surface area contributed by atoms with Crippen molar-refractivity contribution < 1.29 is 15.0 Å². The molecule has 1 aliphatic carbocycles. The highest BCUT2D eigenvalue weighted by Crippen LogP contribution is 2.50. The van der Waals surface area contributed by atoms with E-state index in [0.29, 0.717) is 0 Å². The molecule has 1 heterocycles. The second kappa shape index (κ2) is 6.66. The third-order valence-corrected chi connectivity index (χ3v) is 6.37. The van der Waals surface area contributed by atoms with E-state index >= 15 is 0 Å². The fourth-order valence-corrected chi connectivity index (χ4v) is 4.95. The number of amides is 1. The summed E-state index contributed by atoms with van der Waals surface area (Å²) in [5.74, 6) is 0.229. The zero-order chi connectivity index (χ0) is 20.0. The Bertz CT molecular complexity index is 1040. The van der Waals surface area contributed by atoms with Crippen molar-refractivity contribution in [2.45, 2.75) is 37.5 Å². The molecule has 5 rings (SSSR count). The molecule has 2 aliphatic rings. The topological polar surface area (TPSA) is 69.6 Å². The van der Waals surface area contributed by atoms with E-state index in [1.54, 1.807) is 24.3 Å². The molecule has 4 nitrogen and oxygen atoms in total. The van der Waals surface area contributed by atoms with E-state index in [-0.39, 0.29) is 17.4 Å². The first-order chi connectivity index (χ1) is 14.1. The smallest absolute Gasteiger partial charge is 0.244 e. The van der Waals surface area contributed by atoms with Gasteiger partial charge in [0.2, 0.25) is 5.91 Å². The lowest BCUT2D eigenvalue weighted by atomic mass is 9.69. The van der Waals surface area contributed by atoms with Crippen molar-refractivity contribution in [2.24, 2.45) is 0 Å². The molecule has 0 aromatic heterocycles. The molecule has 0 fully saturated rings. The molecule has 0 unspecified atom stereocenters. The molecule has 0 bridgehead atoms. The first-order valence-electron chi connectivity index (χ1n) is 10.2. The number of hydrogen-bond acceptors (Lipinski definition) is 3. The van der Waals surface area contributed by atoms with Gasteiger partial charge in [-0.15, -0.1) is 0 Å². The lowest BCUT2D eigenvalue weighted by Crippen LogP contribution is -2.36. The molecule has 1 amide bonds. The van der Waals surface area contributed by atoms with Crippen LogP contribution >= 0.6 is 0 Å². The summed E-state index contributed by atoms with van der Waals surface area (Å²) in [5, 5.41) is 22.8. The molecular formula is C25H23NO3. The molecule has 4 heteroatoms. The molecular weight excluding hydrogens is 362 g/mol. The van der Waals surface area contributed by atoms with Gasteiger partial charge in [-0.1, -0.05) is 42.8 Å². The molecule has 3 N–H and O–H groups in total. The highest BCUT2D eigenvalue weighted by molar-refractivity contribution is 6.12. The van der Waals surface area contributed by atoms with Crippen LogP contribution in [0.1, 0.15) is 47.1 Å². The molecule has 0 atom stereocenters. The van der Waals surface area contributed by atoms with E-state index in [0.717, 1.165) is 41.6 Å². The van der Waals surface area contributed by atoms with Gasteiger partial charge in [0.1, 0.15) is 16.9 Å². The zero-order valence-electron chi connectivity index (χ0n) is 16.1. The number of rotatable bonds is 2. The minimum atomic E-state index is -1.02. The molecule has 1 aliphatic heterocycles. The third kappa shape index (κ3) is 2.63. The summed E-state index contributed by atoms with van der Waals surface area (Å²) >= 11 is 0. The summed E-state index contributed by atoms with van der Waals surface area (Å²) in [7, 11) is 0. The predicted octanol–water partition coefficient (Wildman–Crippen LogP) is 4.65. The summed E-state index contributed by atoms with van der Waals surface area (Å²) in [6.45, 7) is 0. The Morgan fingerprint density at radius 2 is 1.31 bits per heavy atom. The molecule has 0 saturated carbocycles. The number of benzene rings is 3. The van der Waals surface area contributed by atoms with Crippen molar-refractivity contribution in [3.8, 4) is 11.5 Å². The van der Waals surface area contributed by atoms with Gasteiger partial charge in [0.05, 0.1) is 0 Å². The van der Waals surface area contributed by atoms with Crippen molar-refractivity contribution in [1.29, 1.82) is 0 Å². The van der Waals surface area contributed by atoms with Gasteiger partial charge >= 0.3 is 0 Å². The summed E-state index contributed by atoms with van der Waals surface area (Å²) in [5.41, 5.74) is 5.05. The van der Waals surface area contributed by atoms with Gasteiger partial charge in [-0.2, -0.15) is 0 Å². The van der Waals surface area contributed by atoms with E-state index in [4.69, 9.17) is 0 Å². The van der Waals surface area contributed by atoms with Crippen LogP contribution in [0.4, 0.5) is 5.69 Å². The maximum Gasteiger partial charge on any atom is 0.244 e. The summed E-state index contributed by atoms with van der Waals surface area (Å²) in [4.78, 5) is 13.7. The number of nitrogens with one attached hydrogen (secondary N) is 1. The largest absolute Gasteiger partial charge is 0.508 e. The van der Waals surface area contributed by atoms with Crippen LogP contribution < -0.4 is 5.32 Å². The first-order valence-corrected chi connectivity index (χ1v) is 10.2. The Morgan fingerprint density at radius 3 is 1.93 bits per heavy atom. The fourth-order valence-electron chi connectivity index (χ4n) is 4.95. The number of carbonyl (C=O) groups excluding carboxylic acids is 1. The van der Waals surface area contributed by atoms with Crippen molar-refractivity contribution in [3.63, 3.8) is 0 Å². The SMILES string of the molecule is O=C1Nc2c(ccc3c2CCCCC3)C1(c1ccc(O)cc1)c1ccc(O)cc1. The van der Waals surface area contributed by atoms with Crippen LogP contribution in [0, 0.1) is 0 Å². The van der Waals surface area contributed by atoms with Gasteiger partial charge in [-0.05, 0) is 72.2 Å². The van der Waals surface area contributed by atoms with E-state index < -0.39 is 5.41 Å². The number of hydrogen-bond donors (Lipinski definition) is 3. The molecule has 0 radical (unpaired) electrons. The molecule has 3 aromatic rings. The Morgan fingerprint density at radius 1 is 0.724 bits per heavy atom. The van der Waals surface area contributed by atoms with E-state index in [1.165, 1.54) is 24.0 Å². The van der Waals surface area contributed by atoms with Gasteiger partial charge in [-0.3, -0.25) is 4.79 Å². The van der Waals surface area contributed by atoms with Gasteiger partial charge in [0.25, 0.3) is 0 Å². The molecule has 0 spiro atoms. The van der Waals surface area contributed by atoms with E-state index in [1.807, 2.05) is 24.3 Å². The maximum atomic E-state index is 13.7. The Labute approximate surface area is 169 Å². The quantitative estimate of drug-likeness (QED) is 0.562. The van der Waals surface area contributed by atoms with Crippen LogP contribution in [0.25, 0.3) is 0 Å². The lowest BCUT2D eigenvalue weighted by molar-refractivity contribution is -0.118. The van der Waals surface area contributed by atoms with E-state index in [9.17, 15) is 15.0 Å². The number of phenols is 2. The number of carbonyl (C=O) groups is 1. The van der Waals surface area contributed by atoms with Crippen LogP contribution in [0.5, 0.6) is 11.5 Å². The number of anilines is 1. The van der Waals surface area contributed by atoms with Crippen molar-refractivity contribution in [2.75, 3.05) is 5.32 Å². The van der Waals surface area contributed by atoms with Crippen molar-refractivity contribution >= 4 is 11.6 Å². The summed E-state index contributed by atoms with van der Waals surface area (Å²) < 4.78 is 0. The Kier molecular flexibility index (Phi) is 4.09. The maximum absolute atomic E-state index is 13.7. The monoisotopic (exact) mass is 385 g/mol. The van der Waals surface area contributed by atoms with Crippen LogP contribution in [-0.4, -0.2) is 16.1 Å². The summed E-state index contributed by atoms with van der Waals surface area (Å²) in [6.07, 6.45) is 5.54. The standard InChI is InChI=1S/C25H23NO3/c27-19-11-7-17(8-12-19)25(18-9-13-20(28)14-10-18)22-15-6-16-4-2-1-3-5-21(16)23(22)26-24(25)29/h6-15,27-28H,1-5H2,(H,26,29). The molecule has 3 aromatic carbocycles. The van der Waals surface area contributed by atoms with Gasteiger partial charge in [-0.25, -0.2) is 0 Å². The second-order valence-electron chi connectivity index (χ2n) is 7.98. The Hall–Kier alpha value is -3.27. The lowest BCUT2D eigenvalue weighted by Gasteiger charge is -2.29. The number of fused-ring (bicyclic) bond motifs is 3. The first kappa shape index (κ1) is 17.8. The average Bonchev–Trinajstić information content (AvgIpc) is 2.88. The van der Waals surface area contributed by atoms with Crippen molar-refractivity contribution in [1.82, 2.24) is 0 Å². The van der Waals surface area contributed by atoms with Gasteiger partial charge in [0, 0.05) is 11.3 Å². The normalized spacial score (nSPS) is 17.2. The second-order valence-corrected chi connectivity index (χ2v) is 7.98. The van der Waals surface area contributed by atoms with Crippen LogP contribution in [-0.2, 0) is 23.1 Å². The predicted molar refractivity (Wildman–Crippen MR) is 112 cm³/mol. The molecule has 29 heavy (non-hydrogen) atoms.